The molecule has 0 spiro atoms. The summed E-state index contributed by atoms with van der Waals surface area (Å²) in [7, 11) is 0. The normalized spacial score (nSPS) is 10.2. The van der Waals surface area contributed by atoms with Crippen molar-refractivity contribution in [2.75, 3.05) is 0 Å². The van der Waals surface area contributed by atoms with Gasteiger partial charge in [-0.15, -0.1) is 0 Å². The topological polar surface area (TPSA) is 86.0 Å². The van der Waals surface area contributed by atoms with Crippen molar-refractivity contribution in [1.82, 2.24) is 9.97 Å². The molecule has 0 aliphatic heterocycles. The van der Waals surface area contributed by atoms with Crippen LogP contribution < -0.4 is 0 Å². The van der Waals surface area contributed by atoms with Gasteiger partial charge < -0.3 is 0 Å². The molecule has 1 heterocycles. The minimum atomic E-state index is -0.800. The van der Waals surface area contributed by atoms with Crippen molar-refractivity contribution in [2.24, 2.45) is 0 Å². The van der Waals surface area contributed by atoms with Gasteiger partial charge in [0, 0.05) is 24.5 Å². The summed E-state index contributed by atoms with van der Waals surface area (Å²) in [4.78, 5) is 29.5. The largest absolute Gasteiger partial charge is 0.294 e. The molecule has 0 fully saturated rings. The zero-order chi connectivity index (χ0) is 13.8. The number of nitrogens with zero attached hydrogens (tertiary/aromatic N) is 3. The number of benzene rings is 1. The van der Waals surface area contributed by atoms with Crippen molar-refractivity contribution in [1.29, 1.82) is 0 Å². The van der Waals surface area contributed by atoms with Crippen molar-refractivity contribution in [3.8, 4) is 0 Å². The maximum absolute atomic E-state index is 13.5. The molecule has 0 unspecified atom stereocenters. The number of halogens is 1. The van der Waals surface area contributed by atoms with Crippen LogP contribution in [0, 0.1) is 15.9 Å². The summed E-state index contributed by atoms with van der Waals surface area (Å²) in [5, 5.41) is 10.6. The Labute approximate surface area is 107 Å². The maximum Gasteiger partial charge on any atom is 0.270 e. The summed E-state index contributed by atoms with van der Waals surface area (Å²) in [5.74, 6) is -1.17. The molecule has 0 aliphatic carbocycles. The molecule has 96 valence electrons. The minimum Gasteiger partial charge on any atom is -0.294 e. The molecule has 0 bridgehead atoms. The van der Waals surface area contributed by atoms with E-state index in [0.717, 1.165) is 18.2 Å². The minimum absolute atomic E-state index is 0.209. The van der Waals surface area contributed by atoms with Gasteiger partial charge in [0.1, 0.15) is 11.6 Å². The number of carbonyl (C=O) groups is 1. The second-order valence-electron chi connectivity index (χ2n) is 3.69. The first kappa shape index (κ1) is 12.7. The van der Waals surface area contributed by atoms with Gasteiger partial charge in [0.05, 0.1) is 16.9 Å². The summed E-state index contributed by atoms with van der Waals surface area (Å²) in [6.07, 6.45) is 2.71. The van der Waals surface area contributed by atoms with Gasteiger partial charge in [-0.3, -0.25) is 14.9 Å². The van der Waals surface area contributed by atoms with E-state index in [0.29, 0.717) is 0 Å². The Kier molecular flexibility index (Phi) is 3.56. The molecule has 19 heavy (non-hydrogen) atoms. The Hall–Kier alpha value is -2.70. The van der Waals surface area contributed by atoms with Crippen LogP contribution in [-0.2, 0) is 6.42 Å². The van der Waals surface area contributed by atoms with E-state index in [1.54, 1.807) is 6.07 Å². The fourth-order valence-corrected chi connectivity index (χ4v) is 1.50. The second-order valence-corrected chi connectivity index (χ2v) is 3.69. The molecule has 0 atom stereocenters. The molecule has 2 rings (SSSR count). The highest BCUT2D eigenvalue weighted by molar-refractivity contribution is 5.97. The number of carbonyl (C=O) groups excluding carboxylic acids is 1. The third kappa shape index (κ3) is 2.95. The SMILES string of the molecule is O=C(Cc1ncccn1)c1cc([N+](=O)[O-])ccc1F. The number of nitro benzene ring substituents is 1. The zero-order valence-corrected chi connectivity index (χ0v) is 9.62. The van der Waals surface area contributed by atoms with E-state index >= 15 is 0 Å². The van der Waals surface area contributed by atoms with E-state index in [9.17, 15) is 19.3 Å². The quantitative estimate of drug-likeness (QED) is 0.477. The number of hydrogen-bond donors (Lipinski definition) is 0. The molecule has 0 saturated heterocycles. The molecule has 0 N–H and O–H groups in total. The van der Waals surface area contributed by atoms with E-state index in [2.05, 4.69) is 9.97 Å². The van der Waals surface area contributed by atoms with Crippen molar-refractivity contribution in [3.63, 3.8) is 0 Å². The van der Waals surface area contributed by atoms with Crippen LogP contribution in [0.5, 0.6) is 0 Å². The monoisotopic (exact) mass is 261 g/mol. The predicted molar refractivity (Wildman–Crippen MR) is 63.1 cm³/mol. The smallest absolute Gasteiger partial charge is 0.270 e. The number of nitro groups is 1. The molecule has 1 aromatic carbocycles. The average Bonchev–Trinajstić information content (AvgIpc) is 2.40. The van der Waals surface area contributed by atoms with Gasteiger partial charge in [-0.05, 0) is 12.1 Å². The molecular formula is C12H8FN3O3. The third-order valence-corrected chi connectivity index (χ3v) is 2.40. The molecule has 7 heteroatoms. The number of Topliss-reactive ketones (excluding diaryl/α,β-unsaturated/α-hetero) is 1. The van der Waals surface area contributed by atoms with Crippen LogP contribution in [0.4, 0.5) is 10.1 Å². The summed E-state index contributed by atoms with van der Waals surface area (Å²) >= 11 is 0. The van der Waals surface area contributed by atoms with Gasteiger partial charge >= 0.3 is 0 Å². The Bertz CT molecular complexity index is 631. The number of non-ortho nitro benzene ring substituents is 1. The molecule has 2 aromatic rings. The van der Waals surface area contributed by atoms with Crippen molar-refractivity contribution in [2.45, 2.75) is 6.42 Å². The fourth-order valence-electron chi connectivity index (χ4n) is 1.50. The number of aromatic nitrogens is 2. The van der Waals surface area contributed by atoms with E-state index in [-0.39, 0.29) is 23.5 Å². The van der Waals surface area contributed by atoms with Crippen LogP contribution in [0.2, 0.25) is 0 Å². The van der Waals surface area contributed by atoms with Crippen LogP contribution in [0.25, 0.3) is 0 Å². The lowest BCUT2D eigenvalue weighted by Crippen LogP contribution is -2.09. The zero-order valence-electron chi connectivity index (χ0n) is 9.62. The van der Waals surface area contributed by atoms with Gasteiger partial charge in [-0.2, -0.15) is 0 Å². The lowest BCUT2D eigenvalue weighted by atomic mass is 10.1. The van der Waals surface area contributed by atoms with Gasteiger partial charge in [0.25, 0.3) is 5.69 Å². The first-order valence-corrected chi connectivity index (χ1v) is 5.31. The van der Waals surface area contributed by atoms with Crippen molar-refractivity contribution in [3.05, 3.63) is 64.0 Å². The maximum atomic E-state index is 13.5. The second kappa shape index (κ2) is 5.30. The first-order chi connectivity index (χ1) is 9.08. The van der Waals surface area contributed by atoms with Crippen LogP contribution in [0.1, 0.15) is 16.2 Å². The van der Waals surface area contributed by atoms with E-state index < -0.39 is 16.5 Å². The number of rotatable bonds is 4. The van der Waals surface area contributed by atoms with Gasteiger partial charge in [-0.25, -0.2) is 14.4 Å². The van der Waals surface area contributed by atoms with Crippen LogP contribution in [0.3, 0.4) is 0 Å². The van der Waals surface area contributed by atoms with Gasteiger partial charge in [0.15, 0.2) is 5.78 Å². The standard InChI is InChI=1S/C12H8FN3O3/c13-10-3-2-8(16(18)19)6-9(10)11(17)7-12-14-4-1-5-15-12/h1-6H,7H2. The summed E-state index contributed by atoms with van der Waals surface area (Å²) in [6, 6.07) is 4.41. The number of ketones is 1. The highest BCUT2D eigenvalue weighted by atomic mass is 19.1. The Morgan fingerprint density at radius 1 is 1.32 bits per heavy atom. The van der Waals surface area contributed by atoms with Gasteiger partial charge in [0.2, 0.25) is 0 Å². The Morgan fingerprint density at radius 2 is 2.00 bits per heavy atom. The van der Waals surface area contributed by atoms with Crippen molar-refractivity contribution >= 4 is 11.5 Å². The molecule has 0 amide bonds. The predicted octanol–water partition coefficient (Wildman–Crippen LogP) is 1.95. The number of hydrogen-bond acceptors (Lipinski definition) is 5. The Morgan fingerprint density at radius 3 is 2.63 bits per heavy atom. The third-order valence-electron chi connectivity index (χ3n) is 2.40. The molecule has 6 nitrogen and oxygen atoms in total. The summed E-state index contributed by atoms with van der Waals surface area (Å²) in [5.41, 5.74) is -0.666. The molecule has 0 saturated carbocycles. The fraction of sp³-hybridized carbons (Fsp3) is 0.0833. The van der Waals surface area contributed by atoms with E-state index in [1.165, 1.54) is 12.4 Å². The lowest BCUT2D eigenvalue weighted by molar-refractivity contribution is -0.384. The molecular weight excluding hydrogens is 253 g/mol. The molecule has 0 aliphatic rings. The van der Waals surface area contributed by atoms with Crippen molar-refractivity contribution < 1.29 is 14.1 Å². The highest BCUT2D eigenvalue weighted by Gasteiger charge is 2.17. The lowest BCUT2D eigenvalue weighted by Gasteiger charge is -2.02. The summed E-state index contributed by atoms with van der Waals surface area (Å²) in [6.45, 7) is 0. The summed E-state index contributed by atoms with van der Waals surface area (Å²) < 4.78 is 13.5. The molecule has 0 radical (unpaired) electrons. The first-order valence-electron chi connectivity index (χ1n) is 5.31. The highest BCUT2D eigenvalue weighted by Crippen LogP contribution is 2.18. The van der Waals surface area contributed by atoms with Crippen LogP contribution >= 0.6 is 0 Å². The molecule has 1 aromatic heterocycles. The Balaban J connectivity index is 2.28. The van der Waals surface area contributed by atoms with Gasteiger partial charge in [-0.1, -0.05) is 0 Å². The van der Waals surface area contributed by atoms with Crippen LogP contribution in [0.15, 0.2) is 36.7 Å². The van der Waals surface area contributed by atoms with Crippen LogP contribution in [-0.4, -0.2) is 20.7 Å². The van der Waals surface area contributed by atoms with E-state index in [1.807, 2.05) is 0 Å². The average molecular weight is 261 g/mol. The van der Waals surface area contributed by atoms with E-state index in [4.69, 9.17) is 0 Å².